The molecule has 2 N–H and O–H groups in total. The number of anilines is 1. The molecule has 0 aromatic heterocycles. The van der Waals surface area contributed by atoms with Gasteiger partial charge in [0.1, 0.15) is 17.3 Å². The van der Waals surface area contributed by atoms with E-state index in [1.807, 2.05) is 25.1 Å². The number of carbonyl (C=O) groups excluding carboxylic acids is 2. The van der Waals surface area contributed by atoms with Gasteiger partial charge in [0.05, 0.1) is 24.4 Å². The largest absolute Gasteiger partial charge is 0.507 e. The molecule has 4 rings (SSSR count). The van der Waals surface area contributed by atoms with Crippen molar-refractivity contribution in [1.29, 1.82) is 0 Å². The molecule has 1 aliphatic rings. The molecule has 0 saturated carbocycles. The van der Waals surface area contributed by atoms with Crippen LogP contribution in [0.1, 0.15) is 49.1 Å². The average molecular weight is 472 g/mol. The third kappa shape index (κ3) is 4.28. The first-order valence-corrected chi connectivity index (χ1v) is 11.4. The van der Waals surface area contributed by atoms with Gasteiger partial charge in [0.2, 0.25) is 0 Å². The maximum Gasteiger partial charge on any atom is 0.300 e. The number of nitrogens with zero attached hydrogens (tertiary/aromatic N) is 1. The summed E-state index contributed by atoms with van der Waals surface area (Å²) >= 11 is 0. The molecule has 3 aromatic carbocycles. The standard InChI is InChI=1S/C29H29NO5/c1-17-10-13-19(29(2,3)4)16-21(17)26(32)24-25(18-11-14-20(35-5)15-12-18)30(28(34)27(24)33)22-8-6-7-9-23(22)31/h6-16,25,31-32H,1-5H3/b26-24+. The van der Waals surface area contributed by atoms with Crippen LogP contribution in [0, 0.1) is 6.92 Å². The number of rotatable bonds is 4. The summed E-state index contributed by atoms with van der Waals surface area (Å²) < 4.78 is 5.26. The molecule has 6 nitrogen and oxygen atoms in total. The van der Waals surface area contributed by atoms with Gasteiger partial charge in [-0.1, -0.05) is 57.2 Å². The Bertz CT molecular complexity index is 1330. The Morgan fingerprint density at radius 3 is 2.23 bits per heavy atom. The van der Waals surface area contributed by atoms with Gasteiger partial charge in [-0.05, 0) is 59.4 Å². The number of aryl methyl sites for hydroxylation is 1. The summed E-state index contributed by atoms with van der Waals surface area (Å²) in [5, 5.41) is 22.1. The van der Waals surface area contributed by atoms with E-state index in [1.54, 1.807) is 49.6 Å². The number of carbonyl (C=O) groups is 2. The lowest BCUT2D eigenvalue weighted by molar-refractivity contribution is -0.132. The predicted octanol–water partition coefficient (Wildman–Crippen LogP) is 5.63. The molecule has 1 heterocycles. The first-order valence-electron chi connectivity index (χ1n) is 11.4. The van der Waals surface area contributed by atoms with Crippen molar-refractivity contribution in [2.45, 2.75) is 39.2 Å². The van der Waals surface area contributed by atoms with Gasteiger partial charge in [0.15, 0.2) is 0 Å². The molecule has 1 aliphatic heterocycles. The molecule has 1 fully saturated rings. The number of benzene rings is 3. The van der Waals surface area contributed by atoms with Crippen molar-refractivity contribution in [3.8, 4) is 11.5 Å². The molecule has 1 atom stereocenters. The zero-order chi connectivity index (χ0) is 25.5. The monoisotopic (exact) mass is 471 g/mol. The summed E-state index contributed by atoms with van der Waals surface area (Å²) in [6.45, 7) is 8.05. The molecule has 0 spiro atoms. The van der Waals surface area contributed by atoms with Crippen molar-refractivity contribution in [3.05, 3.63) is 94.6 Å². The fourth-order valence-electron chi connectivity index (χ4n) is 4.34. The van der Waals surface area contributed by atoms with Crippen LogP contribution < -0.4 is 9.64 Å². The highest BCUT2D eigenvalue weighted by molar-refractivity contribution is 6.52. The highest BCUT2D eigenvalue weighted by Gasteiger charge is 2.47. The van der Waals surface area contributed by atoms with E-state index in [2.05, 4.69) is 20.8 Å². The highest BCUT2D eigenvalue weighted by Crippen LogP contribution is 2.45. The summed E-state index contributed by atoms with van der Waals surface area (Å²) in [7, 11) is 1.55. The van der Waals surface area contributed by atoms with Crippen LogP contribution in [-0.4, -0.2) is 29.0 Å². The Morgan fingerprint density at radius 2 is 1.63 bits per heavy atom. The van der Waals surface area contributed by atoms with Crippen LogP contribution >= 0.6 is 0 Å². The Balaban J connectivity index is 1.99. The molecule has 0 radical (unpaired) electrons. The van der Waals surface area contributed by atoms with Gasteiger partial charge in [-0.3, -0.25) is 14.5 Å². The number of aliphatic hydroxyl groups excluding tert-OH is 1. The van der Waals surface area contributed by atoms with E-state index in [9.17, 15) is 19.8 Å². The van der Waals surface area contributed by atoms with Crippen molar-refractivity contribution < 1.29 is 24.5 Å². The summed E-state index contributed by atoms with van der Waals surface area (Å²) in [5.41, 5.74) is 2.83. The summed E-state index contributed by atoms with van der Waals surface area (Å²) in [4.78, 5) is 28.0. The zero-order valence-electron chi connectivity index (χ0n) is 20.5. The first-order chi connectivity index (χ1) is 16.5. The second kappa shape index (κ2) is 8.95. The van der Waals surface area contributed by atoms with E-state index in [-0.39, 0.29) is 28.2 Å². The van der Waals surface area contributed by atoms with E-state index in [4.69, 9.17) is 4.74 Å². The van der Waals surface area contributed by atoms with E-state index in [1.165, 1.54) is 11.0 Å². The number of aliphatic hydroxyl groups is 1. The fraction of sp³-hybridized carbons (Fsp3) is 0.241. The van der Waals surface area contributed by atoms with Gasteiger partial charge in [-0.15, -0.1) is 0 Å². The third-order valence-corrected chi connectivity index (χ3v) is 6.38. The second-order valence-corrected chi connectivity index (χ2v) is 9.71. The summed E-state index contributed by atoms with van der Waals surface area (Å²) in [5.74, 6) is -1.41. The predicted molar refractivity (Wildman–Crippen MR) is 136 cm³/mol. The minimum absolute atomic E-state index is 0.0300. The lowest BCUT2D eigenvalue weighted by atomic mass is 9.84. The number of ketones is 1. The molecule has 35 heavy (non-hydrogen) atoms. The average Bonchev–Trinajstić information content (AvgIpc) is 3.09. The summed E-state index contributed by atoms with van der Waals surface area (Å²) in [6.07, 6.45) is 0. The lowest BCUT2D eigenvalue weighted by Gasteiger charge is -2.26. The van der Waals surface area contributed by atoms with Gasteiger partial charge < -0.3 is 14.9 Å². The molecule has 3 aromatic rings. The zero-order valence-corrected chi connectivity index (χ0v) is 20.5. The minimum atomic E-state index is -0.938. The maximum atomic E-state index is 13.4. The topological polar surface area (TPSA) is 87.1 Å². The number of hydrogen-bond acceptors (Lipinski definition) is 5. The van der Waals surface area contributed by atoms with Crippen molar-refractivity contribution in [2.24, 2.45) is 0 Å². The lowest BCUT2D eigenvalue weighted by Crippen LogP contribution is -2.29. The van der Waals surface area contributed by atoms with Gasteiger partial charge in [-0.2, -0.15) is 0 Å². The smallest absolute Gasteiger partial charge is 0.300 e. The third-order valence-electron chi connectivity index (χ3n) is 6.38. The van der Waals surface area contributed by atoms with Crippen molar-refractivity contribution in [1.82, 2.24) is 0 Å². The van der Waals surface area contributed by atoms with Crippen LogP contribution in [0.3, 0.4) is 0 Å². The van der Waals surface area contributed by atoms with Crippen LogP contribution in [0.5, 0.6) is 11.5 Å². The SMILES string of the molecule is COc1ccc(C2/C(=C(\O)c3cc(C(C)(C)C)ccc3C)C(=O)C(=O)N2c2ccccc2O)cc1. The van der Waals surface area contributed by atoms with Gasteiger partial charge in [-0.25, -0.2) is 0 Å². The van der Waals surface area contributed by atoms with Crippen LogP contribution in [0.15, 0.2) is 72.3 Å². The van der Waals surface area contributed by atoms with Crippen LogP contribution in [0.2, 0.25) is 0 Å². The van der Waals surface area contributed by atoms with Crippen LogP contribution in [0.4, 0.5) is 5.69 Å². The maximum absolute atomic E-state index is 13.4. The van der Waals surface area contributed by atoms with Crippen molar-refractivity contribution in [2.75, 3.05) is 12.0 Å². The molecule has 0 aliphatic carbocycles. The number of ether oxygens (including phenoxy) is 1. The molecular formula is C29H29NO5. The van der Waals surface area contributed by atoms with Gasteiger partial charge >= 0.3 is 0 Å². The van der Waals surface area contributed by atoms with E-state index < -0.39 is 17.7 Å². The van der Waals surface area contributed by atoms with Gasteiger partial charge in [0, 0.05) is 5.56 Å². The van der Waals surface area contributed by atoms with Gasteiger partial charge in [0.25, 0.3) is 11.7 Å². The minimum Gasteiger partial charge on any atom is -0.507 e. The first kappa shape index (κ1) is 24.1. The number of para-hydroxylation sites is 2. The Kier molecular flexibility index (Phi) is 6.15. The summed E-state index contributed by atoms with van der Waals surface area (Å²) in [6, 6.07) is 18.1. The number of Topliss-reactive ketones (excluding diaryl/α,β-unsaturated/α-hetero) is 1. The Labute approximate surface area is 205 Å². The molecule has 180 valence electrons. The number of phenols is 1. The number of phenolic OH excluding ortho intramolecular Hbond substituents is 1. The fourth-order valence-corrected chi connectivity index (χ4v) is 4.34. The van der Waals surface area contributed by atoms with Crippen molar-refractivity contribution >= 4 is 23.1 Å². The van der Waals surface area contributed by atoms with E-state index >= 15 is 0 Å². The van der Waals surface area contributed by atoms with E-state index in [0.717, 1.165) is 11.1 Å². The molecule has 1 saturated heterocycles. The molecular weight excluding hydrogens is 442 g/mol. The molecule has 1 unspecified atom stereocenters. The van der Waals surface area contributed by atoms with E-state index in [0.29, 0.717) is 16.9 Å². The normalized spacial score (nSPS) is 17.6. The molecule has 0 bridgehead atoms. The number of methoxy groups -OCH3 is 1. The van der Waals surface area contributed by atoms with Crippen molar-refractivity contribution in [3.63, 3.8) is 0 Å². The Hall–Kier alpha value is -4.06. The quantitative estimate of drug-likeness (QED) is 0.292. The number of aromatic hydroxyl groups is 1. The molecule has 1 amide bonds. The highest BCUT2D eigenvalue weighted by atomic mass is 16.5. The molecule has 6 heteroatoms. The second-order valence-electron chi connectivity index (χ2n) is 9.71. The number of amides is 1. The van der Waals surface area contributed by atoms with Crippen LogP contribution in [0.25, 0.3) is 5.76 Å². The Morgan fingerprint density at radius 1 is 0.971 bits per heavy atom. The van der Waals surface area contributed by atoms with Crippen LogP contribution in [-0.2, 0) is 15.0 Å². The number of hydrogen-bond donors (Lipinski definition) is 2.